The number of nitrogens with two attached hydrogens (primary N) is 1. The Hall–Kier alpha value is -1.42. The summed E-state index contributed by atoms with van der Waals surface area (Å²) in [5.74, 6) is 1.23. The summed E-state index contributed by atoms with van der Waals surface area (Å²) in [6.45, 7) is 0.711. The van der Waals surface area contributed by atoms with Crippen LogP contribution in [0.15, 0.2) is 30.1 Å². The van der Waals surface area contributed by atoms with E-state index in [1.54, 1.807) is 11.0 Å². The van der Waals surface area contributed by atoms with Crippen LogP contribution in [0.25, 0.3) is 0 Å². The number of rotatable bonds is 3. The molecule has 80 valence electrons. The van der Waals surface area contributed by atoms with Gasteiger partial charge in [-0.2, -0.15) is 5.10 Å². The van der Waals surface area contributed by atoms with Gasteiger partial charge >= 0.3 is 0 Å². The van der Waals surface area contributed by atoms with E-state index in [0.29, 0.717) is 12.5 Å². The predicted molar refractivity (Wildman–Crippen MR) is 59.3 cm³/mol. The summed E-state index contributed by atoms with van der Waals surface area (Å²) in [6.07, 6.45) is 10.2. The number of aryl methyl sites for hydroxylation is 1. The van der Waals surface area contributed by atoms with Crippen molar-refractivity contribution >= 4 is 0 Å². The van der Waals surface area contributed by atoms with E-state index in [0.717, 1.165) is 18.7 Å². The minimum absolute atomic E-state index is 0.327. The van der Waals surface area contributed by atoms with Crippen LogP contribution in [0.3, 0.4) is 0 Å². The van der Waals surface area contributed by atoms with Crippen molar-refractivity contribution in [3.63, 3.8) is 0 Å². The molecule has 1 aromatic rings. The SMILES string of the molecule is Cn1cnc(C2C=CC(CCN)=CC2)n1. The fraction of sp³-hybridized carbons (Fsp3) is 0.455. The number of hydrogen-bond acceptors (Lipinski definition) is 3. The molecule has 0 aromatic carbocycles. The first-order valence-electron chi connectivity index (χ1n) is 5.22. The third-order valence-corrected chi connectivity index (χ3v) is 2.56. The normalized spacial score (nSPS) is 20.4. The van der Waals surface area contributed by atoms with Gasteiger partial charge in [0.05, 0.1) is 0 Å². The highest BCUT2D eigenvalue weighted by Gasteiger charge is 2.14. The van der Waals surface area contributed by atoms with Crippen molar-refractivity contribution in [2.45, 2.75) is 18.8 Å². The molecule has 0 bridgehead atoms. The highest BCUT2D eigenvalue weighted by atomic mass is 15.3. The first kappa shape index (κ1) is 10.1. The number of hydrogen-bond donors (Lipinski definition) is 1. The van der Waals surface area contributed by atoms with Crippen molar-refractivity contribution in [3.05, 3.63) is 36.0 Å². The summed E-state index contributed by atoms with van der Waals surface area (Å²) in [5, 5.41) is 4.31. The Balaban J connectivity index is 2.03. The zero-order chi connectivity index (χ0) is 10.7. The van der Waals surface area contributed by atoms with Crippen molar-refractivity contribution in [2.75, 3.05) is 6.54 Å². The predicted octanol–water partition coefficient (Wildman–Crippen LogP) is 1.13. The second-order valence-corrected chi connectivity index (χ2v) is 3.80. The lowest BCUT2D eigenvalue weighted by Crippen LogP contribution is -2.05. The largest absolute Gasteiger partial charge is 0.330 e. The quantitative estimate of drug-likeness (QED) is 0.803. The van der Waals surface area contributed by atoms with Crippen LogP contribution in [-0.4, -0.2) is 21.3 Å². The molecule has 2 rings (SSSR count). The van der Waals surface area contributed by atoms with Gasteiger partial charge < -0.3 is 5.73 Å². The number of allylic oxidation sites excluding steroid dienone is 3. The van der Waals surface area contributed by atoms with Crippen LogP contribution < -0.4 is 5.73 Å². The van der Waals surface area contributed by atoms with Gasteiger partial charge in [0.1, 0.15) is 6.33 Å². The highest BCUT2D eigenvalue weighted by Crippen LogP contribution is 2.24. The average molecular weight is 204 g/mol. The van der Waals surface area contributed by atoms with Gasteiger partial charge in [0, 0.05) is 13.0 Å². The molecule has 2 N–H and O–H groups in total. The van der Waals surface area contributed by atoms with Crippen molar-refractivity contribution in [2.24, 2.45) is 12.8 Å². The standard InChI is InChI=1S/C11H16N4/c1-15-8-13-11(14-15)10-4-2-9(3-5-10)6-7-12/h2-4,8,10H,5-7,12H2,1H3. The highest BCUT2D eigenvalue weighted by molar-refractivity contribution is 5.27. The molecule has 1 atom stereocenters. The van der Waals surface area contributed by atoms with Crippen molar-refractivity contribution in [3.8, 4) is 0 Å². The third-order valence-electron chi connectivity index (χ3n) is 2.56. The Morgan fingerprint density at radius 1 is 1.60 bits per heavy atom. The van der Waals surface area contributed by atoms with Crippen molar-refractivity contribution in [1.29, 1.82) is 0 Å². The Bertz CT molecular complexity index is 389. The van der Waals surface area contributed by atoms with Gasteiger partial charge in [-0.05, 0) is 19.4 Å². The van der Waals surface area contributed by atoms with Gasteiger partial charge in [-0.1, -0.05) is 23.8 Å². The second kappa shape index (κ2) is 4.40. The van der Waals surface area contributed by atoms with E-state index in [4.69, 9.17) is 5.73 Å². The van der Waals surface area contributed by atoms with Crippen LogP contribution in [0.2, 0.25) is 0 Å². The van der Waals surface area contributed by atoms with Crippen LogP contribution in [0.4, 0.5) is 0 Å². The second-order valence-electron chi connectivity index (χ2n) is 3.80. The molecule has 0 radical (unpaired) electrons. The van der Waals surface area contributed by atoms with Gasteiger partial charge in [-0.25, -0.2) is 4.98 Å². The maximum Gasteiger partial charge on any atom is 0.157 e. The van der Waals surface area contributed by atoms with Crippen LogP contribution in [0.1, 0.15) is 24.6 Å². The van der Waals surface area contributed by atoms with Crippen LogP contribution in [0.5, 0.6) is 0 Å². The summed E-state index contributed by atoms with van der Waals surface area (Å²) in [7, 11) is 1.89. The summed E-state index contributed by atoms with van der Waals surface area (Å²) in [5.41, 5.74) is 6.83. The molecular weight excluding hydrogens is 188 g/mol. The minimum atomic E-state index is 0.327. The molecule has 4 nitrogen and oxygen atoms in total. The monoisotopic (exact) mass is 204 g/mol. The van der Waals surface area contributed by atoms with E-state index in [2.05, 4.69) is 28.3 Å². The molecule has 15 heavy (non-hydrogen) atoms. The molecule has 1 unspecified atom stereocenters. The van der Waals surface area contributed by atoms with E-state index < -0.39 is 0 Å². The Kier molecular flexibility index (Phi) is 2.97. The first-order valence-corrected chi connectivity index (χ1v) is 5.22. The lowest BCUT2D eigenvalue weighted by Gasteiger charge is -2.12. The zero-order valence-electron chi connectivity index (χ0n) is 8.93. The van der Waals surface area contributed by atoms with E-state index in [9.17, 15) is 0 Å². The molecule has 1 heterocycles. The Labute approximate surface area is 89.5 Å². The lowest BCUT2D eigenvalue weighted by atomic mass is 9.95. The molecule has 1 aliphatic rings. The summed E-state index contributed by atoms with van der Waals surface area (Å²) >= 11 is 0. The van der Waals surface area contributed by atoms with Crippen molar-refractivity contribution < 1.29 is 0 Å². The lowest BCUT2D eigenvalue weighted by molar-refractivity contribution is 0.706. The molecule has 0 saturated heterocycles. The summed E-state index contributed by atoms with van der Waals surface area (Å²) in [4.78, 5) is 4.26. The van der Waals surface area contributed by atoms with Gasteiger partial charge in [0.2, 0.25) is 0 Å². The fourth-order valence-corrected chi connectivity index (χ4v) is 1.73. The van der Waals surface area contributed by atoms with Gasteiger partial charge in [0.25, 0.3) is 0 Å². The van der Waals surface area contributed by atoms with Gasteiger partial charge in [-0.3, -0.25) is 4.68 Å². The zero-order valence-corrected chi connectivity index (χ0v) is 8.93. The Morgan fingerprint density at radius 2 is 2.47 bits per heavy atom. The maximum absolute atomic E-state index is 5.51. The molecular formula is C11H16N4. The summed E-state index contributed by atoms with van der Waals surface area (Å²) in [6, 6.07) is 0. The number of nitrogens with zero attached hydrogens (tertiary/aromatic N) is 3. The van der Waals surface area contributed by atoms with Gasteiger partial charge in [-0.15, -0.1) is 0 Å². The Morgan fingerprint density at radius 3 is 3.00 bits per heavy atom. The number of aromatic nitrogens is 3. The minimum Gasteiger partial charge on any atom is -0.330 e. The van der Waals surface area contributed by atoms with Crippen LogP contribution in [-0.2, 0) is 7.05 Å². The molecule has 0 fully saturated rings. The molecule has 0 saturated carbocycles. The molecule has 4 heteroatoms. The summed E-state index contributed by atoms with van der Waals surface area (Å²) < 4.78 is 1.74. The first-order chi connectivity index (χ1) is 7.29. The molecule has 1 aromatic heterocycles. The van der Waals surface area contributed by atoms with Crippen molar-refractivity contribution in [1.82, 2.24) is 14.8 Å². The maximum atomic E-state index is 5.51. The average Bonchev–Trinajstić information content (AvgIpc) is 2.67. The topological polar surface area (TPSA) is 56.7 Å². The van der Waals surface area contributed by atoms with E-state index in [1.807, 2.05) is 7.05 Å². The van der Waals surface area contributed by atoms with E-state index in [1.165, 1.54) is 5.57 Å². The molecule has 0 amide bonds. The molecule has 1 aliphatic carbocycles. The fourth-order valence-electron chi connectivity index (χ4n) is 1.73. The smallest absolute Gasteiger partial charge is 0.157 e. The van der Waals surface area contributed by atoms with Crippen LogP contribution >= 0.6 is 0 Å². The third kappa shape index (κ3) is 2.33. The molecule has 0 spiro atoms. The van der Waals surface area contributed by atoms with Gasteiger partial charge in [0.15, 0.2) is 5.82 Å². The van der Waals surface area contributed by atoms with E-state index in [-0.39, 0.29) is 0 Å². The molecule has 0 aliphatic heterocycles. The van der Waals surface area contributed by atoms with E-state index >= 15 is 0 Å². The van der Waals surface area contributed by atoms with Crippen LogP contribution in [0, 0.1) is 0 Å².